The van der Waals surface area contributed by atoms with Crippen molar-refractivity contribution in [2.24, 2.45) is 0 Å². The van der Waals surface area contributed by atoms with Crippen LogP contribution in [0.25, 0.3) is 0 Å². The highest BCUT2D eigenvalue weighted by Crippen LogP contribution is 2.33. The Morgan fingerprint density at radius 2 is 2.07 bits per heavy atom. The summed E-state index contributed by atoms with van der Waals surface area (Å²) < 4.78 is 5.46. The predicted octanol–water partition coefficient (Wildman–Crippen LogP) is -0.00380. The van der Waals surface area contributed by atoms with Gasteiger partial charge in [-0.2, -0.15) is 0 Å². The summed E-state index contributed by atoms with van der Waals surface area (Å²) in [5, 5.41) is 4.78. The summed E-state index contributed by atoms with van der Waals surface area (Å²) in [5.74, 6) is -0.303. The van der Waals surface area contributed by atoms with Crippen LogP contribution in [-0.2, 0) is 14.4 Å². The standard InChI is InChI=1S/C20H19N3O6/c1-2-3-4-10-21-16(25)11-29-14-7-5-6-12-17(14)20(28)23(19(12)27)13-8-9-15(24)22-18(13)26/h1,5-7,13H,3-4,8-11H2,(H,21,25)(H,22,24,26). The predicted molar refractivity (Wildman–Crippen MR) is 99.7 cm³/mol. The van der Waals surface area contributed by atoms with Gasteiger partial charge in [0.1, 0.15) is 11.8 Å². The molecule has 150 valence electrons. The van der Waals surface area contributed by atoms with Gasteiger partial charge < -0.3 is 10.1 Å². The van der Waals surface area contributed by atoms with Crippen molar-refractivity contribution in [3.05, 3.63) is 29.3 Å². The third kappa shape index (κ3) is 4.11. The fourth-order valence-electron chi connectivity index (χ4n) is 3.22. The van der Waals surface area contributed by atoms with Crippen molar-refractivity contribution >= 4 is 29.5 Å². The Balaban J connectivity index is 1.72. The second-order valence-electron chi connectivity index (χ2n) is 6.57. The number of ether oxygens (including phenoxy) is 1. The number of fused-ring (bicyclic) bond motifs is 1. The van der Waals surface area contributed by atoms with Crippen molar-refractivity contribution < 1.29 is 28.7 Å². The van der Waals surface area contributed by atoms with Gasteiger partial charge in [-0.3, -0.25) is 34.2 Å². The summed E-state index contributed by atoms with van der Waals surface area (Å²) in [5.41, 5.74) is 0.0916. The molecule has 5 amide bonds. The lowest BCUT2D eigenvalue weighted by Crippen LogP contribution is -2.54. The molecule has 2 aliphatic rings. The fourth-order valence-corrected chi connectivity index (χ4v) is 3.22. The molecule has 1 atom stereocenters. The van der Waals surface area contributed by atoms with Crippen molar-refractivity contribution in [1.29, 1.82) is 0 Å². The first-order chi connectivity index (χ1) is 13.9. The topological polar surface area (TPSA) is 122 Å². The quantitative estimate of drug-likeness (QED) is 0.379. The van der Waals surface area contributed by atoms with Crippen LogP contribution in [0.15, 0.2) is 18.2 Å². The third-order valence-electron chi connectivity index (χ3n) is 4.61. The largest absolute Gasteiger partial charge is 0.483 e. The number of nitrogens with zero attached hydrogens (tertiary/aromatic N) is 1. The first-order valence-electron chi connectivity index (χ1n) is 9.11. The van der Waals surface area contributed by atoms with E-state index in [1.165, 1.54) is 18.2 Å². The number of unbranched alkanes of at least 4 members (excludes halogenated alkanes) is 1. The van der Waals surface area contributed by atoms with Crippen molar-refractivity contribution in [3.8, 4) is 18.1 Å². The average molecular weight is 397 g/mol. The smallest absolute Gasteiger partial charge is 0.266 e. The molecule has 9 nitrogen and oxygen atoms in total. The number of terminal acetylenes is 1. The summed E-state index contributed by atoms with van der Waals surface area (Å²) in [4.78, 5) is 61.8. The number of carbonyl (C=O) groups is 5. The van der Waals surface area contributed by atoms with E-state index in [9.17, 15) is 24.0 Å². The Morgan fingerprint density at radius 1 is 1.28 bits per heavy atom. The molecule has 1 aromatic carbocycles. The van der Waals surface area contributed by atoms with Crippen LogP contribution in [0.4, 0.5) is 0 Å². The molecular weight excluding hydrogens is 378 g/mol. The van der Waals surface area contributed by atoms with E-state index in [0.717, 1.165) is 4.90 Å². The van der Waals surface area contributed by atoms with Crippen LogP contribution in [0.3, 0.4) is 0 Å². The van der Waals surface area contributed by atoms with E-state index in [1.807, 2.05) is 0 Å². The summed E-state index contributed by atoms with van der Waals surface area (Å²) in [6.45, 7) is 0.0619. The van der Waals surface area contributed by atoms with Crippen molar-refractivity contribution in [2.75, 3.05) is 13.2 Å². The van der Waals surface area contributed by atoms with E-state index in [2.05, 4.69) is 16.6 Å². The van der Waals surface area contributed by atoms with Gasteiger partial charge in [0.25, 0.3) is 17.7 Å². The minimum atomic E-state index is -1.06. The normalized spacial score (nSPS) is 18.2. The Morgan fingerprint density at radius 3 is 2.79 bits per heavy atom. The second kappa shape index (κ2) is 8.56. The number of carbonyl (C=O) groups excluding carboxylic acids is 5. The molecule has 3 rings (SSSR count). The molecule has 0 saturated carbocycles. The highest BCUT2D eigenvalue weighted by molar-refractivity contribution is 6.24. The van der Waals surface area contributed by atoms with Crippen LogP contribution in [0.5, 0.6) is 5.75 Å². The van der Waals surface area contributed by atoms with Gasteiger partial charge in [0.2, 0.25) is 11.8 Å². The highest BCUT2D eigenvalue weighted by atomic mass is 16.5. The summed E-state index contributed by atoms with van der Waals surface area (Å²) in [6.07, 6.45) is 6.42. The van der Waals surface area contributed by atoms with E-state index in [-0.39, 0.29) is 36.3 Å². The Labute approximate surface area is 166 Å². The molecule has 1 unspecified atom stereocenters. The molecule has 0 spiro atoms. The molecule has 9 heteroatoms. The van der Waals surface area contributed by atoms with E-state index < -0.39 is 35.6 Å². The minimum Gasteiger partial charge on any atom is -0.483 e. The highest BCUT2D eigenvalue weighted by Gasteiger charge is 2.46. The van der Waals surface area contributed by atoms with Crippen molar-refractivity contribution in [2.45, 2.75) is 31.7 Å². The molecule has 2 N–H and O–H groups in total. The lowest BCUT2D eigenvalue weighted by molar-refractivity contribution is -0.136. The minimum absolute atomic E-state index is 0.00216. The zero-order valence-corrected chi connectivity index (χ0v) is 15.5. The first kappa shape index (κ1) is 20.1. The number of rotatable bonds is 7. The van der Waals surface area contributed by atoms with Crippen LogP contribution in [0.2, 0.25) is 0 Å². The number of piperidine rings is 1. The van der Waals surface area contributed by atoms with Gasteiger partial charge in [-0.15, -0.1) is 12.3 Å². The molecule has 0 bridgehead atoms. The molecule has 1 aromatic rings. The molecule has 29 heavy (non-hydrogen) atoms. The lowest BCUT2D eigenvalue weighted by atomic mass is 10.0. The molecule has 1 fully saturated rings. The van der Waals surface area contributed by atoms with Gasteiger partial charge in [-0.05, 0) is 25.0 Å². The maximum absolute atomic E-state index is 12.9. The number of hydrogen-bond donors (Lipinski definition) is 2. The Hall–Kier alpha value is -3.67. The monoisotopic (exact) mass is 397 g/mol. The summed E-state index contributed by atoms with van der Waals surface area (Å²) in [6, 6.07) is 3.39. The number of amides is 5. The van der Waals surface area contributed by atoms with Crippen LogP contribution in [-0.4, -0.2) is 53.6 Å². The number of benzene rings is 1. The molecule has 1 saturated heterocycles. The second-order valence-corrected chi connectivity index (χ2v) is 6.57. The van der Waals surface area contributed by atoms with Gasteiger partial charge >= 0.3 is 0 Å². The maximum atomic E-state index is 12.9. The molecule has 0 aromatic heterocycles. The van der Waals surface area contributed by atoms with Crippen LogP contribution in [0.1, 0.15) is 46.4 Å². The zero-order chi connectivity index (χ0) is 21.0. The van der Waals surface area contributed by atoms with Gasteiger partial charge in [0.05, 0.1) is 11.1 Å². The van der Waals surface area contributed by atoms with E-state index >= 15 is 0 Å². The lowest BCUT2D eigenvalue weighted by Gasteiger charge is -2.27. The molecule has 2 aliphatic heterocycles. The maximum Gasteiger partial charge on any atom is 0.266 e. The summed E-state index contributed by atoms with van der Waals surface area (Å²) in [7, 11) is 0. The van der Waals surface area contributed by atoms with Gasteiger partial charge in [-0.25, -0.2) is 0 Å². The van der Waals surface area contributed by atoms with E-state index in [4.69, 9.17) is 11.2 Å². The van der Waals surface area contributed by atoms with Gasteiger partial charge in [0, 0.05) is 19.4 Å². The Kier molecular flexibility index (Phi) is 5.93. The summed E-state index contributed by atoms with van der Waals surface area (Å²) >= 11 is 0. The molecular formula is C20H19N3O6. The fraction of sp³-hybridized carbons (Fsp3) is 0.350. The van der Waals surface area contributed by atoms with Gasteiger partial charge in [0.15, 0.2) is 6.61 Å². The Bertz CT molecular complexity index is 933. The van der Waals surface area contributed by atoms with Gasteiger partial charge in [-0.1, -0.05) is 6.07 Å². The van der Waals surface area contributed by atoms with Crippen molar-refractivity contribution in [1.82, 2.24) is 15.5 Å². The third-order valence-corrected chi connectivity index (χ3v) is 4.61. The van der Waals surface area contributed by atoms with Crippen LogP contribution >= 0.6 is 0 Å². The first-order valence-corrected chi connectivity index (χ1v) is 9.11. The SMILES string of the molecule is C#CCCCNC(=O)COc1cccc2c1C(=O)N(C1CCC(=O)NC1=O)C2=O. The number of imide groups is 2. The van der Waals surface area contributed by atoms with Crippen molar-refractivity contribution in [3.63, 3.8) is 0 Å². The zero-order valence-electron chi connectivity index (χ0n) is 15.5. The van der Waals surface area contributed by atoms with E-state index in [0.29, 0.717) is 19.4 Å². The molecule has 2 heterocycles. The van der Waals surface area contributed by atoms with E-state index in [1.54, 1.807) is 0 Å². The van der Waals surface area contributed by atoms with Crippen LogP contribution < -0.4 is 15.4 Å². The molecule has 0 radical (unpaired) electrons. The average Bonchev–Trinajstić information content (AvgIpc) is 2.95. The number of nitrogens with one attached hydrogen (secondary N) is 2. The van der Waals surface area contributed by atoms with Crippen LogP contribution in [0, 0.1) is 12.3 Å². The number of hydrogen-bond acceptors (Lipinski definition) is 6. The molecule has 0 aliphatic carbocycles.